The molecule has 2 aliphatic rings. The molecule has 0 spiro atoms. The fourth-order valence-corrected chi connectivity index (χ4v) is 5.29. The summed E-state index contributed by atoms with van der Waals surface area (Å²) >= 11 is 5.87. The minimum absolute atomic E-state index is 0.0485. The van der Waals surface area contributed by atoms with E-state index in [9.17, 15) is 4.79 Å². The van der Waals surface area contributed by atoms with Crippen molar-refractivity contribution < 1.29 is 9.47 Å². The number of fused-ring (bicyclic) bond motifs is 1. The summed E-state index contributed by atoms with van der Waals surface area (Å²) in [6.45, 7) is 8.66. The number of benzene rings is 1. The van der Waals surface area contributed by atoms with E-state index in [1.54, 1.807) is 0 Å². The second-order valence-corrected chi connectivity index (χ2v) is 9.65. The smallest absolute Gasteiger partial charge is 0.253 e. The highest BCUT2D eigenvalue weighted by Crippen LogP contribution is 2.25. The number of aromatic nitrogens is 1. The van der Waals surface area contributed by atoms with Crippen LogP contribution >= 0.6 is 12.2 Å². The van der Waals surface area contributed by atoms with Gasteiger partial charge in [0.05, 0.1) is 26.4 Å². The monoisotopic (exact) mass is 486 g/mol. The van der Waals surface area contributed by atoms with Crippen LogP contribution in [0.15, 0.2) is 29.1 Å². The van der Waals surface area contributed by atoms with Crippen LogP contribution in [0.4, 0.5) is 0 Å². The largest absolute Gasteiger partial charge is 0.494 e. The molecule has 0 bridgehead atoms. The summed E-state index contributed by atoms with van der Waals surface area (Å²) in [5, 5.41) is 5.23. The van der Waals surface area contributed by atoms with Gasteiger partial charge in [-0.1, -0.05) is 19.3 Å². The number of pyridine rings is 1. The molecule has 2 heterocycles. The number of nitrogens with zero attached hydrogens (tertiary/aromatic N) is 2. The van der Waals surface area contributed by atoms with Crippen LogP contribution in [0.5, 0.6) is 5.75 Å². The summed E-state index contributed by atoms with van der Waals surface area (Å²) in [4.78, 5) is 20.7. The van der Waals surface area contributed by atoms with Crippen LogP contribution < -0.4 is 15.6 Å². The van der Waals surface area contributed by atoms with E-state index in [1.807, 2.05) is 31.2 Å². The third kappa shape index (κ3) is 6.71. The van der Waals surface area contributed by atoms with E-state index >= 15 is 0 Å². The average Bonchev–Trinajstić information content (AvgIpc) is 2.86. The van der Waals surface area contributed by atoms with E-state index < -0.39 is 0 Å². The standard InChI is InChI=1S/C26H38N4O3S/c1-2-33-23-9-10-24-20(18-23)17-21(25(31)28-24)19-30(22-7-4-3-5-8-22)26(34)27-11-6-12-29-13-15-32-16-14-29/h9-10,17-18,22H,2-8,11-16,19H2,1H3,(H,27,34)(H,28,31). The van der Waals surface area contributed by atoms with Gasteiger partial charge in [-0.15, -0.1) is 0 Å². The van der Waals surface area contributed by atoms with Crippen molar-refractivity contribution in [3.63, 3.8) is 0 Å². The lowest BCUT2D eigenvalue weighted by Crippen LogP contribution is -2.47. The summed E-state index contributed by atoms with van der Waals surface area (Å²) in [6.07, 6.45) is 6.99. The molecule has 0 unspecified atom stereocenters. The Labute approximate surface area is 207 Å². The van der Waals surface area contributed by atoms with Crippen molar-refractivity contribution in [1.82, 2.24) is 20.1 Å². The number of morpholine rings is 1. The first-order valence-electron chi connectivity index (χ1n) is 12.8. The van der Waals surface area contributed by atoms with E-state index in [4.69, 9.17) is 21.7 Å². The molecule has 4 rings (SSSR count). The summed E-state index contributed by atoms with van der Waals surface area (Å²) < 4.78 is 11.1. The van der Waals surface area contributed by atoms with Gasteiger partial charge in [-0.25, -0.2) is 0 Å². The molecule has 1 aromatic carbocycles. The van der Waals surface area contributed by atoms with E-state index in [0.717, 1.165) is 86.0 Å². The van der Waals surface area contributed by atoms with Crippen molar-refractivity contribution in [1.29, 1.82) is 0 Å². The van der Waals surface area contributed by atoms with E-state index in [0.29, 0.717) is 19.2 Å². The Morgan fingerprint density at radius 1 is 1.24 bits per heavy atom. The Bertz CT molecular complexity index is 999. The second kappa shape index (κ2) is 12.5. The third-order valence-electron chi connectivity index (χ3n) is 6.85. The van der Waals surface area contributed by atoms with Crippen LogP contribution in [-0.2, 0) is 11.3 Å². The molecule has 0 atom stereocenters. The molecule has 0 amide bonds. The van der Waals surface area contributed by atoms with E-state index in [2.05, 4.69) is 20.1 Å². The number of nitrogens with one attached hydrogen (secondary N) is 2. The fraction of sp³-hybridized carbons (Fsp3) is 0.615. The lowest BCUT2D eigenvalue weighted by Gasteiger charge is -2.36. The van der Waals surface area contributed by atoms with Crippen LogP contribution in [-0.4, -0.2) is 71.9 Å². The maximum absolute atomic E-state index is 12.9. The number of hydrogen-bond acceptors (Lipinski definition) is 5. The number of thiocarbonyl (C=S) groups is 1. The van der Waals surface area contributed by atoms with Crippen molar-refractivity contribution in [2.75, 3.05) is 46.0 Å². The summed E-state index contributed by atoms with van der Waals surface area (Å²) in [7, 11) is 0. The Hall–Kier alpha value is -2.16. The Kier molecular flexibility index (Phi) is 9.18. The molecule has 1 saturated heterocycles. The topological polar surface area (TPSA) is 69.8 Å². The molecule has 2 aromatic rings. The normalized spacial score (nSPS) is 17.6. The second-order valence-electron chi connectivity index (χ2n) is 9.27. The minimum atomic E-state index is -0.0485. The van der Waals surface area contributed by atoms with Gasteiger partial charge in [0.15, 0.2) is 5.11 Å². The zero-order valence-electron chi connectivity index (χ0n) is 20.3. The maximum atomic E-state index is 12.9. The van der Waals surface area contributed by atoms with Crippen molar-refractivity contribution in [3.05, 3.63) is 40.2 Å². The fourth-order valence-electron chi connectivity index (χ4n) is 4.97. The van der Waals surface area contributed by atoms with Crippen LogP contribution in [0.3, 0.4) is 0 Å². The Balaban J connectivity index is 1.44. The molecule has 186 valence electrons. The number of aromatic amines is 1. The molecule has 1 aliphatic carbocycles. The van der Waals surface area contributed by atoms with Crippen LogP contribution in [0.2, 0.25) is 0 Å². The lowest BCUT2D eigenvalue weighted by atomic mass is 9.94. The summed E-state index contributed by atoms with van der Waals surface area (Å²) in [6, 6.07) is 8.16. The quantitative estimate of drug-likeness (QED) is 0.414. The van der Waals surface area contributed by atoms with Crippen molar-refractivity contribution in [2.24, 2.45) is 0 Å². The molecule has 1 saturated carbocycles. The summed E-state index contributed by atoms with van der Waals surface area (Å²) in [5.41, 5.74) is 1.52. The average molecular weight is 487 g/mol. The van der Waals surface area contributed by atoms with E-state index in [-0.39, 0.29) is 5.56 Å². The molecule has 0 radical (unpaired) electrons. The number of H-pyrrole nitrogens is 1. The van der Waals surface area contributed by atoms with Gasteiger partial charge >= 0.3 is 0 Å². The number of ether oxygens (including phenoxy) is 2. The maximum Gasteiger partial charge on any atom is 0.253 e. The van der Waals surface area contributed by atoms with Gasteiger partial charge in [0.1, 0.15) is 5.75 Å². The van der Waals surface area contributed by atoms with Gasteiger partial charge in [0.2, 0.25) is 0 Å². The summed E-state index contributed by atoms with van der Waals surface area (Å²) in [5.74, 6) is 0.814. The molecule has 2 fully saturated rings. The van der Waals surface area contributed by atoms with Crippen LogP contribution in [0.1, 0.15) is 51.0 Å². The van der Waals surface area contributed by atoms with Crippen molar-refractivity contribution in [3.8, 4) is 5.75 Å². The van der Waals surface area contributed by atoms with Gasteiger partial charge in [-0.2, -0.15) is 0 Å². The third-order valence-corrected chi connectivity index (χ3v) is 7.23. The molecule has 1 aliphatic heterocycles. The van der Waals surface area contributed by atoms with Gasteiger partial charge in [-0.3, -0.25) is 9.69 Å². The van der Waals surface area contributed by atoms with Gasteiger partial charge in [0.25, 0.3) is 5.56 Å². The van der Waals surface area contributed by atoms with Crippen LogP contribution in [0.25, 0.3) is 10.9 Å². The molecular formula is C26H38N4O3S. The van der Waals surface area contributed by atoms with Gasteiger partial charge in [0, 0.05) is 42.1 Å². The Morgan fingerprint density at radius 3 is 2.79 bits per heavy atom. The first kappa shape index (κ1) is 24.9. The molecule has 7 nitrogen and oxygen atoms in total. The predicted octanol–water partition coefficient (Wildman–Crippen LogP) is 3.66. The van der Waals surface area contributed by atoms with Crippen molar-refractivity contribution in [2.45, 2.75) is 58.0 Å². The SMILES string of the molecule is CCOc1ccc2[nH]c(=O)c(CN(C(=S)NCCCN3CCOCC3)C3CCCCC3)cc2c1. The highest BCUT2D eigenvalue weighted by Gasteiger charge is 2.24. The van der Waals surface area contributed by atoms with Gasteiger partial charge in [-0.05, 0) is 69.2 Å². The first-order valence-corrected chi connectivity index (χ1v) is 13.2. The highest BCUT2D eigenvalue weighted by atomic mass is 32.1. The zero-order chi connectivity index (χ0) is 23.8. The molecule has 8 heteroatoms. The number of hydrogen-bond donors (Lipinski definition) is 2. The number of rotatable bonds is 9. The van der Waals surface area contributed by atoms with E-state index in [1.165, 1.54) is 19.3 Å². The molecule has 2 N–H and O–H groups in total. The first-order chi connectivity index (χ1) is 16.6. The minimum Gasteiger partial charge on any atom is -0.494 e. The highest BCUT2D eigenvalue weighted by molar-refractivity contribution is 7.80. The van der Waals surface area contributed by atoms with Gasteiger partial charge < -0.3 is 24.7 Å². The lowest BCUT2D eigenvalue weighted by molar-refractivity contribution is 0.0375. The zero-order valence-corrected chi connectivity index (χ0v) is 21.1. The van der Waals surface area contributed by atoms with Crippen LogP contribution in [0, 0.1) is 0 Å². The molecule has 1 aromatic heterocycles. The molecular weight excluding hydrogens is 448 g/mol. The Morgan fingerprint density at radius 2 is 2.03 bits per heavy atom. The predicted molar refractivity (Wildman–Crippen MR) is 141 cm³/mol. The molecule has 34 heavy (non-hydrogen) atoms. The van der Waals surface area contributed by atoms with Crippen molar-refractivity contribution >= 4 is 28.2 Å².